The summed E-state index contributed by atoms with van der Waals surface area (Å²) in [6.45, 7) is 0.335. The van der Waals surface area contributed by atoms with Crippen molar-refractivity contribution in [2.45, 2.75) is 18.9 Å². The van der Waals surface area contributed by atoms with E-state index in [4.69, 9.17) is 14.6 Å². The lowest BCUT2D eigenvalue weighted by Gasteiger charge is -2.18. The Kier molecular flexibility index (Phi) is 4.62. The third kappa shape index (κ3) is 3.07. The van der Waals surface area contributed by atoms with Crippen molar-refractivity contribution in [3.05, 3.63) is 23.3 Å². The molecule has 1 heterocycles. The fourth-order valence-corrected chi connectivity index (χ4v) is 2.55. The standard InChI is InChI=1S/C14H17F2NO4/c1-20-11-5-9(13(15)16)12(21-2)4-8(11)10-3-7(6-17-10)14(18)19/h4-5,7,10,13,17H,3,6H2,1-2H3,(H,18,19). The monoisotopic (exact) mass is 301 g/mol. The summed E-state index contributed by atoms with van der Waals surface area (Å²) in [7, 11) is 2.71. The third-order valence-corrected chi connectivity index (χ3v) is 3.67. The van der Waals surface area contributed by atoms with Crippen LogP contribution in [0.4, 0.5) is 8.78 Å². The van der Waals surface area contributed by atoms with Gasteiger partial charge in [0.1, 0.15) is 11.5 Å². The summed E-state index contributed by atoms with van der Waals surface area (Å²) in [5.41, 5.74) is 0.383. The zero-order valence-corrected chi connectivity index (χ0v) is 11.7. The van der Waals surface area contributed by atoms with Gasteiger partial charge in [-0.2, -0.15) is 0 Å². The van der Waals surface area contributed by atoms with Crippen LogP contribution in [0.15, 0.2) is 12.1 Å². The summed E-state index contributed by atoms with van der Waals surface area (Å²) in [5.74, 6) is -1.00. The molecule has 1 aliphatic heterocycles. The molecule has 1 aliphatic rings. The molecule has 7 heteroatoms. The maximum absolute atomic E-state index is 13.0. The van der Waals surface area contributed by atoms with Crippen LogP contribution < -0.4 is 14.8 Å². The Balaban J connectivity index is 2.37. The lowest BCUT2D eigenvalue weighted by molar-refractivity contribution is -0.141. The Morgan fingerprint density at radius 1 is 1.33 bits per heavy atom. The average molecular weight is 301 g/mol. The fourth-order valence-electron chi connectivity index (χ4n) is 2.55. The van der Waals surface area contributed by atoms with Crippen LogP contribution >= 0.6 is 0 Å². The molecule has 2 atom stereocenters. The van der Waals surface area contributed by atoms with E-state index in [2.05, 4.69) is 5.32 Å². The lowest BCUT2D eigenvalue weighted by atomic mass is 9.97. The normalized spacial score (nSPS) is 21.6. The maximum Gasteiger partial charge on any atom is 0.307 e. The van der Waals surface area contributed by atoms with E-state index < -0.39 is 18.3 Å². The topological polar surface area (TPSA) is 67.8 Å². The summed E-state index contributed by atoms with van der Waals surface area (Å²) in [6, 6.07) is 2.47. The highest BCUT2D eigenvalue weighted by Gasteiger charge is 2.32. The maximum atomic E-state index is 13.0. The molecule has 5 nitrogen and oxygen atoms in total. The first-order valence-corrected chi connectivity index (χ1v) is 6.48. The van der Waals surface area contributed by atoms with Gasteiger partial charge in [0.25, 0.3) is 6.43 Å². The van der Waals surface area contributed by atoms with Gasteiger partial charge in [-0.15, -0.1) is 0 Å². The van der Waals surface area contributed by atoms with Gasteiger partial charge >= 0.3 is 5.97 Å². The fraction of sp³-hybridized carbons (Fsp3) is 0.500. The van der Waals surface area contributed by atoms with Crippen LogP contribution in [0.1, 0.15) is 30.0 Å². The Hall–Kier alpha value is -1.89. The number of ether oxygens (including phenoxy) is 2. The number of aliphatic carboxylic acids is 1. The number of halogens is 2. The van der Waals surface area contributed by atoms with Gasteiger partial charge in [0.15, 0.2) is 0 Å². The SMILES string of the molecule is COc1cc(C2CC(C(=O)O)CN2)c(OC)cc1C(F)F. The average Bonchev–Trinajstić information content (AvgIpc) is 2.95. The van der Waals surface area contributed by atoms with Crippen LogP contribution in [0.25, 0.3) is 0 Å². The first-order valence-electron chi connectivity index (χ1n) is 6.48. The first kappa shape index (κ1) is 15.5. The third-order valence-electron chi connectivity index (χ3n) is 3.67. The van der Waals surface area contributed by atoms with Crippen LogP contribution in [-0.2, 0) is 4.79 Å². The van der Waals surface area contributed by atoms with Gasteiger partial charge in [-0.1, -0.05) is 0 Å². The molecular formula is C14H17F2NO4. The van der Waals surface area contributed by atoms with Crippen molar-refractivity contribution in [1.29, 1.82) is 0 Å². The van der Waals surface area contributed by atoms with Gasteiger partial charge in [-0.25, -0.2) is 8.78 Å². The highest BCUT2D eigenvalue weighted by atomic mass is 19.3. The minimum Gasteiger partial charge on any atom is -0.496 e. The predicted octanol–water partition coefficient (Wildman–Crippen LogP) is 2.38. The Bertz CT molecular complexity index is 536. The molecule has 0 radical (unpaired) electrons. The molecule has 0 spiro atoms. The molecule has 21 heavy (non-hydrogen) atoms. The molecule has 1 saturated heterocycles. The van der Waals surface area contributed by atoms with E-state index in [0.717, 1.165) is 0 Å². The van der Waals surface area contributed by atoms with Gasteiger partial charge in [-0.3, -0.25) is 4.79 Å². The molecule has 0 bridgehead atoms. The van der Waals surface area contributed by atoms with E-state index in [0.29, 0.717) is 24.3 Å². The largest absolute Gasteiger partial charge is 0.496 e. The number of rotatable bonds is 5. The van der Waals surface area contributed by atoms with E-state index in [1.807, 2.05) is 0 Å². The molecule has 0 aliphatic carbocycles. The molecule has 1 aromatic rings. The Labute approximate surface area is 120 Å². The quantitative estimate of drug-likeness (QED) is 0.874. The number of carboxylic acids is 1. The molecule has 2 rings (SSSR count). The number of carboxylic acid groups (broad SMARTS) is 1. The second-order valence-corrected chi connectivity index (χ2v) is 4.87. The minimum absolute atomic E-state index is 0.0707. The number of alkyl halides is 2. The molecule has 1 aromatic carbocycles. The number of nitrogens with one attached hydrogen (secondary N) is 1. The number of hydrogen-bond donors (Lipinski definition) is 2. The molecule has 0 amide bonds. The summed E-state index contributed by atoms with van der Waals surface area (Å²) >= 11 is 0. The van der Waals surface area contributed by atoms with Crippen molar-refractivity contribution in [3.8, 4) is 11.5 Å². The zero-order valence-electron chi connectivity index (χ0n) is 11.7. The molecule has 2 unspecified atom stereocenters. The number of benzene rings is 1. The molecular weight excluding hydrogens is 284 g/mol. The van der Waals surface area contributed by atoms with Crippen LogP contribution in [0.2, 0.25) is 0 Å². The summed E-state index contributed by atoms with van der Waals surface area (Å²) in [6.07, 6.45) is -2.30. The van der Waals surface area contributed by atoms with E-state index >= 15 is 0 Å². The van der Waals surface area contributed by atoms with Crippen LogP contribution in [-0.4, -0.2) is 31.8 Å². The highest BCUT2D eigenvalue weighted by molar-refractivity contribution is 5.71. The van der Waals surface area contributed by atoms with Gasteiger partial charge in [0.05, 0.1) is 25.7 Å². The van der Waals surface area contributed by atoms with Crippen molar-refractivity contribution >= 4 is 5.97 Å². The number of hydrogen-bond acceptors (Lipinski definition) is 4. The van der Waals surface area contributed by atoms with Crippen molar-refractivity contribution in [1.82, 2.24) is 5.32 Å². The second kappa shape index (κ2) is 6.26. The van der Waals surface area contributed by atoms with Crippen molar-refractivity contribution < 1.29 is 28.2 Å². The molecule has 1 fully saturated rings. The molecule has 2 N–H and O–H groups in total. The van der Waals surface area contributed by atoms with Crippen LogP contribution in [0.5, 0.6) is 11.5 Å². The molecule has 116 valence electrons. The first-order chi connectivity index (χ1) is 9.97. The lowest BCUT2D eigenvalue weighted by Crippen LogP contribution is -2.17. The van der Waals surface area contributed by atoms with E-state index in [1.54, 1.807) is 0 Å². The predicted molar refractivity (Wildman–Crippen MR) is 71.0 cm³/mol. The number of carbonyl (C=O) groups is 1. The van der Waals surface area contributed by atoms with E-state index in [-0.39, 0.29) is 17.4 Å². The van der Waals surface area contributed by atoms with Crippen molar-refractivity contribution in [3.63, 3.8) is 0 Å². The van der Waals surface area contributed by atoms with Gasteiger partial charge in [-0.05, 0) is 18.6 Å². The zero-order chi connectivity index (χ0) is 15.6. The van der Waals surface area contributed by atoms with Crippen LogP contribution in [0, 0.1) is 5.92 Å². The molecule has 0 saturated carbocycles. The summed E-state index contributed by atoms with van der Waals surface area (Å²) in [4.78, 5) is 11.0. The van der Waals surface area contributed by atoms with Gasteiger partial charge in [0, 0.05) is 18.2 Å². The van der Waals surface area contributed by atoms with Crippen molar-refractivity contribution in [2.75, 3.05) is 20.8 Å². The smallest absolute Gasteiger partial charge is 0.307 e. The Morgan fingerprint density at radius 3 is 2.48 bits per heavy atom. The Morgan fingerprint density at radius 2 is 2.00 bits per heavy atom. The van der Waals surface area contributed by atoms with Gasteiger partial charge < -0.3 is 19.9 Å². The van der Waals surface area contributed by atoms with Crippen LogP contribution in [0.3, 0.4) is 0 Å². The van der Waals surface area contributed by atoms with E-state index in [9.17, 15) is 13.6 Å². The van der Waals surface area contributed by atoms with Gasteiger partial charge in [0.2, 0.25) is 0 Å². The summed E-state index contributed by atoms with van der Waals surface area (Å²) in [5, 5.41) is 12.1. The summed E-state index contributed by atoms with van der Waals surface area (Å²) < 4.78 is 36.1. The second-order valence-electron chi connectivity index (χ2n) is 4.87. The van der Waals surface area contributed by atoms with E-state index in [1.165, 1.54) is 26.4 Å². The van der Waals surface area contributed by atoms with Crippen molar-refractivity contribution in [2.24, 2.45) is 5.92 Å². The molecule has 0 aromatic heterocycles. The minimum atomic E-state index is -2.67. The number of methoxy groups -OCH3 is 2. The highest BCUT2D eigenvalue weighted by Crippen LogP contribution is 2.40.